The van der Waals surface area contributed by atoms with Crippen molar-refractivity contribution in [2.75, 3.05) is 11.9 Å². The molecule has 0 fully saturated rings. The molecule has 0 aliphatic heterocycles. The molecule has 0 bridgehead atoms. The monoisotopic (exact) mass is 402 g/mol. The summed E-state index contributed by atoms with van der Waals surface area (Å²) < 4.78 is 5.49. The van der Waals surface area contributed by atoms with Crippen molar-refractivity contribution in [1.29, 1.82) is 0 Å². The van der Waals surface area contributed by atoms with Crippen molar-refractivity contribution in [2.45, 2.75) is 32.7 Å². The van der Waals surface area contributed by atoms with Crippen molar-refractivity contribution in [1.82, 2.24) is 5.32 Å². The lowest BCUT2D eigenvalue weighted by molar-refractivity contribution is -0.128. The van der Waals surface area contributed by atoms with Gasteiger partial charge in [0.25, 0.3) is 5.91 Å². The van der Waals surface area contributed by atoms with Crippen molar-refractivity contribution in [3.05, 3.63) is 71.8 Å². The highest BCUT2D eigenvalue weighted by Gasteiger charge is 2.25. The smallest absolute Gasteiger partial charge is 0.258 e. The number of ether oxygens (including phenoxy) is 1. The number of amides is 2. The first-order valence-corrected chi connectivity index (χ1v) is 10.3. The van der Waals surface area contributed by atoms with Gasteiger partial charge in [0, 0.05) is 11.1 Å². The molecule has 3 aromatic rings. The number of hydrogen-bond acceptors (Lipinski definition) is 3. The maximum absolute atomic E-state index is 13.0. The van der Waals surface area contributed by atoms with Crippen molar-refractivity contribution in [2.24, 2.45) is 5.92 Å². The Balaban J connectivity index is 1.45. The van der Waals surface area contributed by atoms with E-state index in [1.165, 1.54) is 16.5 Å². The van der Waals surface area contributed by atoms with E-state index in [1.54, 1.807) is 12.1 Å². The van der Waals surface area contributed by atoms with Gasteiger partial charge in [-0.25, -0.2) is 0 Å². The summed E-state index contributed by atoms with van der Waals surface area (Å²) in [7, 11) is 0. The highest BCUT2D eigenvalue weighted by molar-refractivity contribution is 6.07. The van der Waals surface area contributed by atoms with E-state index in [9.17, 15) is 9.59 Å². The predicted molar refractivity (Wildman–Crippen MR) is 119 cm³/mol. The van der Waals surface area contributed by atoms with Gasteiger partial charge in [0.2, 0.25) is 5.91 Å². The van der Waals surface area contributed by atoms with Crippen LogP contribution in [0.1, 0.15) is 25.0 Å². The molecule has 2 amide bonds. The molecule has 0 saturated heterocycles. The first-order valence-electron chi connectivity index (χ1n) is 10.3. The van der Waals surface area contributed by atoms with E-state index in [0.717, 1.165) is 23.9 Å². The zero-order valence-corrected chi connectivity index (χ0v) is 17.3. The Morgan fingerprint density at radius 2 is 1.67 bits per heavy atom. The zero-order chi connectivity index (χ0) is 21.1. The van der Waals surface area contributed by atoms with Gasteiger partial charge in [-0.2, -0.15) is 0 Å². The van der Waals surface area contributed by atoms with E-state index in [-0.39, 0.29) is 24.3 Å². The number of nitrogens with one attached hydrogen (secondary N) is 2. The number of carbonyl (C=O) groups is 2. The van der Waals surface area contributed by atoms with Crippen LogP contribution in [0, 0.1) is 5.92 Å². The minimum absolute atomic E-state index is 0.0672. The van der Waals surface area contributed by atoms with Crippen molar-refractivity contribution in [3.8, 4) is 5.75 Å². The van der Waals surface area contributed by atoms with E-state index < -0.39 is 6.04 Å². The quantitative estimate of drug-likeness (QED) is 0.625. The standard InChI is InChI=1S/C25H26N2O3/c1-16(2)24(27-22(28)15-30-19-8-4-3-5-9-19)25(29)26-21-14-13-18-12-11-17-7-6-10-20(21)23(17)18/h3-10,13-14,16,24H,11-12,15H2,1-2H3,(H,26,29)(H,27,28). The lowest BCUT2D eigenvalue weighted by atomic mass is 10.0. The average molecular weight is 402 g/mol. The summed E-state index contributed by atoms with van der Waals surface area (Å²) in [6, 6.07) is 18.8. The summed E-state index contributed by atoms with van der Waals surface area (Å²) in [5.41, 5.74) is 3.43. The van der Waals surface area contributed by atoms with Crippen molar-refractivity contribution < 1.29 is 14.3 Å². The second-order valence-corrected chi connectivity index (χ2v) is 7.99. The third-order valence-electron chi connectivity index (χ3n) is 5.51. The van der Waals surface area contributed by atoms with Crippen LogP contribution in [0.4, 0.5) is 5.69 Å². The van der Waals surface area contributed by atoms with E-state index in [1.807, 2.05) is 50.2 Å². The van der Waals surface area contributed by atoms with Crippen LogP contribution in [0.3, 0.4) is 0 Å². The molecule has 0 aromatic heterocycles. The van der Waals surface area contributed by atoms with Gasteiger partial charge >= 0.3 is 0 Å². The van der Waals surface area contributed by atoms with Gasteiger partial charge < -0.3 is 15.4 Å². The summed E-state index contributed by atoms with van der Waals surface area (Å²) in [5, 5.41) is 8.15. The number of aryl methyl sites for hydroxylation is 2. The molecule has 0 saturated carbocycles. The summed E-state index contributed by atoms with van der Waals surface area (Å²) >= 11 is 0. The molecule has 1 aliphatic rings. The van der Waals surface area contributed by atoms with Gasteiger partial charge in [-0.15, -0.1) is 0 Å². The third kappa shape index (κ3) is 4.15. The van der Waals surface area contributed by atoms with Crippen molar-refractivity contribution >= 4 is 28.3 Å². The number of benzene rings is 3. The van der Waals surface area contributed by atoms with Crippen LogP contribution in [-0.4, -0.2) is 24.5 Å². The largest absolute Gasteiger partial charge is 0.484 e. The SMILES string of the molecule is CC(C)C(NC(=O)COc1ccccc1)C(=O)Nc1ccc2c3c(cccc13)CC2. The molecule has 2 N–H and O–H groups in total. The number of hydrogen-bond donors (Lipinski definition) is 2. The molecule has 5 heteroatoms. The Morgan fingerprint density at radius 1 is 0.933 bits per heavy atom. The molecular formula is C25H26N2O3. The molecule has 3 aromatic carbocycles. The molecule has 5 nitrogen and oxygen atoms in total. The highest BCUT2D eigenvalue weighted by Crippen LogP contribution is 2.35. The van der Waals surface area contributed by atoms with E-state index in [2.05, 4.69) is 22.8 Å². The molecule has 154 valence electrons. The highest BCUT2D eigenvalue weighted by atomic mass is 16.5. The van der Waals surface area contributed by atoms with Crippen LogP contribution in [0.5, 0.6) is 5.75 Å². The van der Waals surface area contributed by atoms with E-state index in [4.69, 9.17) is 4.74 Å². The number of rotatable bonds is 7. The van der Waals surface area contributed by atoms with Crippen LogP contribution in [0.25, 0.3) is 10.8 Å². The van der Waals surface area contributed by atoms with E-state index >= 15 is 0 Å². The second kappa shape index (κ2) is 8.57. The maximum atomic E-state index is 13.0. The Hall–Kier alpha value is -3.34. The van der Waals surface area contributed by atoms with Gasteiger partial charge in [0.15, 0.2) is 6.61 Å². The fraction of sp³-hybridized carbons (Fsp3) is 0.280. The van der Waals surface area contributed by atoms with Gasteiger partial charge in [-0.1, -0.05) is 56.3 Å². The molecule has 0 heterocycles. The summed E-state index contributed by atoms with van der Waals surface area (Å²) in [5.74, 6) is -0.00147. The molecule has 1 aliphatic carbocycles. The van der Waals surface area contributed by atoms with Gasteiger partial charge in [-0.05, 0) is 53.5 Å². The normalized spacial score (nSPS) is 13.3. The molecule has 1 atom stereocenters. The summed E-state index contributed by atoms with van der Waals surface area (Å²) in [6.45, 7) is 3.69. The maximum Gasteiger partial charge on any atom is 0.258 e. The number of anilines is 1. The minimum atomic E-state index is -0.653. The Kier molecular flexibility index (Phi) is 5.70. The third-order valence-corrected chi connectivity index (χ3v) is 5.51. The van der Waals surface area contributed by atoms with Gasteiger partial charge in [0.05, 0.1) is 0 Å². The van der Waals surface area contributed by atoms with Gasteiger partial charge in [0.1, 0.15) is 11.8 Å². The van der Waals surface area contributed by atoms with Crippen molar-refractivity contribution in [3.63, 3.8) is 0 Å². The minimum Gasteiger partial charge on any atom is -0.484 e. The molecule has 4 rings (SSSR count). The summed E-state index contributed by atoms with van der Waals surface area (Å²) in [6.07, 6.45) is 2.08. The Labute approximate surface area is 176 Å². The van der Waals surface area contributed by atoms with Gasteiger partial charge in [-0.3, -0.25) is 9.59 Å². The molecule has 0 spiro atoms. The van der Waals surface area contributed by atoms with Crippen LogP contribution in [0.15, 0.2) is 60.7 Å². The zero-order valence-electron chi connectivity index (χ0n) is 17.3. The molecule has 1 unspecified atom stereocenters. The average Bonchev–Trinajstić information content (AvgIpc) is 3.17. The van der Waals surface area contributed by atoms with Crippen LogP contribution < -0.4 is 15.4 Å². The first kappa shape index (κ1) is 20.0. The Bertz CT molecular complexity index is 1070. The molecule has 30 heavy (non-hydrogen) atoms. The van der Waals surface area contributed by atoms with Crippen LogP contribution in [0.2, 0.25) is 0 Å². The molecular weight excluding hydrogens is 376 g/mol. The van der Waals surface area contributed by atoms with E-state index in [0.29, 0.717) is 5.75 Å². The predicted octanol–water partition coefficient (Wildman–Crippen LogP) is 4.10. The number of carbonyl (C=O) groups excluding carboxylic acids is 2. The first-order chi connectivity index (χ1) is 14.5. The Morgan fingerprint density at radius 3 is 2.40 bits per heavy atom. The lowest BCUT2D eigenvalue weighted by Crippen LogP contribution is -2.48. The fourth-order valence-corrected chi connectivity index (χ4v) is 3.98. The summed E-state index contributed by atoms with van der Waals surface area (Å²) in [4.78, 5) is 25.4. The fourth-order valence-electron chi connectivity index (χ4n) is 3.98. The topological polar surface area (TPSA) is 67.4 Å². The number of para-hydroxylation sites is 1. The van der Waals surface area contributed by atoms with Crippen LogP contribution in [-0.2, 0) is 22.4 Å². The molecule has 0 radical (unpaired) electrons. The second-order valence-electron chi connectivity index (χ2n) is 7.99. The lowest BCUT2D eigenvalue weighted by Gasteiger charge is -2.22. The van der Waals surface area contributed by atoms with Crippen LogP contribution >= 0.6 is 0 Å².